The van der Waals surface area contributed by atoms with Crippen molar-refractivity contribution < 1.29 is 14.6 Å². The Morgan fingerprint density at radius 2 is 1.89 bits per heavy atom. The van der Waals surface area contributed by atoms with Gasteiger partial charge in [-0.05, 0) is 29.0 Å². The summed E-state index contributed by atoms with van der Waals surface area (Å²) >= 11 is 0. The van der Waals surface area contributed by atoms with Crippen molar-refractivity contribution in [1.29, 1.82) is 0 Å². The van der Waals surface area contributed by atoms with Crippen molar-refractivity contribution in [1.82, 2.24) is 0 Å². The maximum atomic E-state index is 13.3. The average molecular weight is 377 g/mol. The first kappa shape index (κ1) is 18.8. The van der Waals surface area contributed by atoms with E-state index in [1.807, 2.05) is 30.3 Å². The molecule has 1 atom stereocenters. The second kappa shape index (κ2) is 7.10. The Labute approximate surface area is 166 Å². The molecule has 0 amide bonds. The van der Waals surface area contributed by atoms with Crippen LogP contribution in [0.4, 0.5) is 5.69 Å². The summed E-state index contributed by atoms with van der Waals surface area (Å²) in [5, 5.41) is 9.76. The number of allylic oxidation sites excluding steroid dienone is 2. The molecule has 0 aromatic heterocycles. The summed E-state index contributed by atoms with van der Waals surface area (Å²) in [6.07, 6.45) is 1.36. The largest absolute Gasteiger partial charge is 0.497 e. The molecule has 0 saturated heterocycles. The number of anilines is 1. The molecule has 4 rings (SSSR count). The molecule has 2 aromatic rings. The van der Waals surface area contributed by atoms with E-state index in [2.05, 4.69) is 36.9 Å². The monoisotopic (exact) mass is 377 g/mol. The van der Waals surface area contributed by atoms with E-state index < -0.39 is 0 Å². The number of methoxy groups -OCH3 is 1. The summed E-state index contributed by atoms with van der Waals surface area (Å²) in [4.78, 5) is 15.5. The highest BCUT2D eigenvalue weighted by atomic mass is 16.5. The molecule has 28 heavy (non-hydrogen) atoms. The normalized spacial score (nSPS) is 20.6. The number of hydrogen-bond donors (Lipinski definition) is 1. The zero-order valence-corrected chi connectivity index (χ0v) is 16.7. The molecule has 0 saturated carbocycles. The van der Waals surface area contributed by atoms with Gasteiger partial charge in [-0.25, -0.2) is 0 Å². The highest BCUT2D eigenvalue weighted by Crippen LogP contribution is 2.52. The van der Waals surface area contributed by atoms with Gasteiger partial charge in [0.2, 0.25) is 0 Å². The highest BCUT2D eigenvalue weighted by molar-refractivity contribution is 6.02. The summed E-state index contributed by atoms with van der Waals surface area (Å²) in [6, 6.07) is 16.3. The van der Waals surface area contributed by atoms with Gasteiger partial charge >= 0.3 is 0 Å². The molecule has 2 aliphatic rings. The lowest BCUT2D eigenvalue weighted by Gasteiger charge is -2.45. The van der Waals surface area contributed by atoms with Gasteiger partial charge in [0.15, 0.2) is 5.78 Å². The number of β-amino-alcohol motifs (C(OH)–C–C–N with tert-alkyl or cyclic N) is 1. The fraction of sp³-hybridized carbons (Fsp3) is 0.375. The maximum absolute atomic E-state index is 13.3. The van der Waals surface area contributed by atoms with Crippen LogP contribution >= 0.6 is 0 Å². The summed E-state index contributed by atoms with van der Waals surface area (Å²) in [6.45, 7) is 4.77. The molecule has 0 spiro atoms. The van der Waals surface area contributed by atoms with Gasteiger partial charge in [-0.1, -0.05) is 50.2 Å². The lowest BCUT2D eigenvalue weighted by Crippen LogP contribution is -2.40. The number of aliphatic hydroxyl groups is 1. The highest BCUT2D eigenvalue weighted by Gasteiger charge is 2.43. The number of ether oxygens (including phenoxy) is 1. The fourth-order valence-corrected chi connectivity index (χ4v) is 4.65. The van der Waals surface area contributed by atoms with Crippen LogP contribution in [0.1, 0.15) is 43.7 Å². The number of benzene rings is 2. The first-order valence-corrected chi connectivity index (χ1v) is 9.83. The van der Waals surface area contributed by atoms with Gasteiger partial charge in [-0.3, -0.25) is 4.79 Å². The fourth-order valence-electron chi connectivity index (χ4n) is 4.65. The zero-order chi connectivity index (χ0) is 19.9. The van der Waals surface area contributed by atoms with E-state index in [9.17, 15) is 9.90 Å². The standard InChI is InChI=1S/C24H27NO3/c1-24(2)14-20-23(21(27)15-24)22(16-7-5-4-6-8-16)18-10-9-17(28-3)13-19(18)25(20)11-12-26/h4-10,13,22,26H,11-12,14-15H2,1-3H3. The second-order valence-corrected chi connectivity index (χ2v) is 8.44. The van der Waals surface area contributed by atoms with Crippen LogP contribution in [-0.4, -0.2) is 31.2 Å². The lowest BCUT2D eigenvalue weighted by molar-refractivity contribution is -0.118. The molecule has 2 aromatic carbocycles. The number of nitrogens with zero attached hydrogens (tertiary/aromatic N) is 1. The van der Waals surface area contributed by atoms with E-state index in [1.54, 1.807) is 7.11 Å². The number of carbonyl (C=O) groups is 1. The summed E-state index contributed by atoms with van der Waals surface area (Å²) < 4.78 is 5.47. The molecule has 4 nitrogen and oxygen atoms in total. The minimum atomic E-state index is -0.0960. The molecule has 0 bridgehead atoms. The predicted molar refractivity (Wildman–Crippen MR) is 111 cm³/mol. The van der Waals surface area contributed by atoms with Crippen LogP contribution in [0.15, 0.2) is 59.8 Å². The predicted octanol–water partition coefficient (Wildman–Crippen LogP) is 4.28. The van der Waals surface area contributed by atoms with Gasteiger partial charge in [0.05, 0.1) is 13.7 Å². The number of aliphatic hydroxyl groups excluding tert-OH is 1. The van der Waals surface area contributed by atoms with Gasteiger partial charge in [-0.15, -0.1) is 0 Å². The Kier molecular flexibility index (Phi) is 4.76. The number of fused-ring (bicyclic) bond motifs is 1. The third-order valence-corrected chi connectivity index (χ3v) is 5.81. The molecule has 4 heteroatoms. The quantitative estimate of drug-likeness (QED) is 0.864. The molecular formula is C24H27NO3. The van der Waals surface area contributed by atoms with Gasteiger partial charge in [-0.2, -0.15) is 0 Å². The number of rotatable bonds is 4. The van der Waals surface area contributed by atoms with Crippen LogP contribution in [0.2, 0.25) is 0 Å². The summed E-state index contributed by atoms with van der Waals surface area (Å²) in [7, 11) is 1.66. The molecule has 0 fully saturated rings. The number of Topliss-reactive ketones (excluding diaryl/α,β-unsaturated/α-hetero) is 1. The van der Waals surface area contributed by atoms with E-state index in [4.69, 9.17) is 4.74 Å². The van der Waals surface area contributed by atoms with Gasteiger partial charge in [0.1, 0.15) is 5.75 Å². The van der Waals surface area contributed by atoms with Crippen LogP contribution in [0.3, 0.4) is 0 Å². The van der Waals surface area contributed by atoms with Crippen LogP contribution in [0, 0.1) is 5.41 Å². The molecule has 1 heterocycles. The smallest absolute Gasteiger partial charge is 0.162 e. The number of carbonyl (C=O) groups excluding carboxylic acids is 1. The van der Waals surface area contributed by atoms with Gasteiger partial charge in [0, 0.05) is 41.9 Å². The Morgan fingerprint density at radius 3 is 2.57 bits per heavy atom. The van der Waals surface area contributed by atoms with E-state index in [1.165, 1.54) is 0 Å². The third kappa shape index (κ3) is 3.12. The molecule has 1 N–H and O–H groups in total. The summed E-state index contributed by atoms with van der Waals surface area (Å²) in [5.41, 5.74) is 5.07. The van der Waals surface area contributed by atoms with E-state index >= 15 is 0 Å². The maximum Gasteiger partial charge on any atom is 0.162 e. The Bertz CT molecular complexity index is 930. The first-order valence-electron chi connectivity index (χ1n) is 9.83. The Hall–Kier alpha value is -2.59. The van der Waals surface area contributed by atoms with Crippen LogP contribution in [-0.2, 0) is 4.79 Å². The van der Waals surface area contributed by atoms with Crippen molar-refractivity contribution >= 4 is 11.5 Å². The first-order chi connectivity index (χ1) is 13.4. The third-order valence-electron chi connectivity index (χ3n) is 5.81. The van der Waals surface area contributed by atoms with Gasteiger partial charge < -0.3 is 14.7 Å². The molecule has 1 aliphatic carbocycles. The number of hydrogen-bond acceptors (Lipinski definition) is 4. The topological polar surface area (TPSA) is 49.8 Å². The van der Waals surface area contributed by atoms with Gasteiger partial charge in [0.25, 0.3) is 0 Å². The lowest BCUT2D eigenvalue weighted by atomic mass is 9.68. The minimum Gasteiger partial charge on any atom is -0.497 e. The Morgan fingerprint density at radius 1 is 1.14 bits per heavy atom. The molecular weight excluding hydrogens is 350 g/mol. The van der Waals surface area contributed by atoms with Crippen molar-refractivity contribution in [2.45, 2.75) is 32.6 Å². The van der Waals surface area contributed by atoms with E-state index in [-0.39, 0.29) is 23.7 Å². The SMILES string of the molecule is COc1ccc2c(c1)N(CCO)C1=C(C(=O)CC(C)(C)C1)C2c1ccccc1. The molecule has 146 valence electrons. The second-order valence-electron chi connectivity index (χ2n) is 8.44. The summed E-state index contributed by atoms with van der Waals surface area (Å²) in [5.74, 6) is 0.902. The van der Waals surface area contributed by atoms with Crippen molar-refractivity contribution in [2.75, 3.05) is 25.2 Å². The zero-order valence-electron chi connectivity index (χ0n) is 16.7. The van der Waals surface area contributed by atoms with Crippen molar-refractivity contribution in [3.05, 3.63) is 70.9 Å². The van der Waals surface area contributed by atoms with Crippen LogP contribution < -0.4 is 9.64 Å². The van der Waals surface area contributed by atoms with E-state index in [0.717, 1.165) is 40.3 Å². The average Bonchev–Trinajstić information content (AvgIpc) is 2.68. The minimum absolute atomic E-state index is 0.0258. The van der Waals surface area contributed by atoms with E-state index in [0.29, 0.717) is 13.0 Å². The van der Waals surface area contributed by atoms with Crippen molar-refractivity contribution in [3.63, 3.8) is 0 Å². The van der Waals surface area contributed by atoms with Crippen LogP contribution in [0.25, 0.3) is 0 Å². The number of ketones is 1. The molecule has 1 aliphatic heterocycles. The van der Waals surface area contributed by atoms with Crippen LogP contribution in [0.5, 0.6) is 5.75 Å². The van der Waals surface area contributed by atoms with Crippen molar-refractivity contribution in [2.24, 2.45) is 5.41 Å². The molecule has 0 radical (unpaired) electrons. The van der Waals surface area contributed by atoms with Crippen molar-refractivity contribution in [3.8, 4) is 5.75 Å². The Balaban J connectivity index is 1.99. The molecule has 1 unspecified atom stereocenters.